The van der Waals surface area contributed by atoms with Crippen LogP contribution < -0.4 is 0 Å². The van der Waals surface area contributed by atoms with Gasteiger partial charge in [-0.3, -0.25) is 4.98 Å². The fraction of sp³-hybridized carbons (Fsp3) is 0.333. The monoisotopic (exact) mass is 742 g/mol. The molecule has 2 aromatic heterocycles. The maximum Gasteiger partial charge on any atom is 0.127 e. The molecule has 3 aromatic carbocycles. The van der Waals surface area contributed by atoms with Crippen molar-refractivity contribution >= 4 is 21.6 Å². The Labute approximate surface area is 263 Å². The number of thiazole rings is 1. The first-order chi connectivity index (χ1) is 18.6. The van der Waals surface area contributed by atoms with Crippen LogP contribution in [0.15, 0.2) is 66.9 Å². The predicted molar refractivity (Wildman–Crippen MR) is 170 cm³/mol. The van der Waals surface area contributed by atoms with Gasteiger partial charge in [-0.05, 0) is 46.1 Å². The van der Waals surface area contributed by atoms with Gasteiger partial charge in [-0.25, -0.2) is 4.98 Å². The summed E-state index contributed by atoms with van der Waals surface area (Å²) in [6.45, 7) is 20.3. The van der Waals surface area contributed by atoms with Crippen molar-refractivity contribution < 1.29 is 26.2 Å². The minimum Gasteiger partial charge on any atom is -0.507 e. The summed E-state index contributed by atoms with van der Waals surface area (Å²) in [5.41, 5.74) is 9.28. The number of pyridine rings is 1. The SMILES string of the molecule is CC(C)(C)c1ccnc(-c2[c-]c(-c3cccc4sc(-c5ccccc5O)nc34)c(C(C)(C)C)cc2C(C)(C)C)c1.[Pt]. The van der Waals surface area contributed by atoms with Crippen molar-refractivity contribution in [3.63, 3.8) is 0 Å². The van der Waals surface area contributed by atoms with Crippen LogP contribution in [0.25, 0.3) is 43.2 Å². The van der Waals surface area contributed by atoms with Gasteiger partial charge in [0.2, 0.25) is 0 Å². The molecule has 1 N–H and O–H groups in total. The second-order valence-electron chi connectivity index (χ2n) is 13.7. The molecule has 0 aliphatic heterocycles. The third-order valence-electron chi connectivity index (χ3n) is 7.40. The van der Waals surface area contributed by atoms with E-state index in [0.29, 0.717) is 0 Å². The zero-order valence-corrected chi connectivity index (χ0v) is 28.5. The van der Waals surface area contributed by atoms with Gasteiger partial charge in [-0.15, -0.1) is 40.2 Å². The van der Waals surface area contributed by atoms with Gasteiger partial charge < -0.3 is 5.11 Å². The summed E-state index contributed by atoms with van der Waals surface area (Å²) < 4.78 is 1.08. The number of aromatic nitrogens is 2. The Bertz CT molecular complexity index is 1710. The van der Waals surface area contributed by atoms with Gasteiger partial charge in [0.25, 0.3) is 0 Å². The first-order valence-corrected chi connectivity index (χ1v) is 14.7. The normalized spacial score (nSPS) is 12.4. The van der Waals surface area contributed by atoms with E-state index >= 15 is 0 Å². The summed E-state index contributed by atoms with van der Waals surface area (Å²) in [4.78, 5) is 9.95. The summed E-state index contributed by atoms with van der Waals surface area (Å²) in [6, 6.07) is 24.4. The van der Waals surface area contributed by atoms with Crippen LogP contribution in [0.3, 0.4) is 0 Å². The molecule has 3 nitrogen and oxygen atoms in total. The molecule has 0 amide bonds. The van der Waals surface area contributed by atoms with Crippen molar-refractivity contribution in [2.45, 2.75) is 78.6 Å². The van der Waals surface area contributed by atoms with E-state index in [2.05, 4.69) is 105 Å². The Hall–Kier alpha value is -2.81. The Kier molecular flexibility index (Phi) is 8.44. The van der Waals surface area contributed by atoms with Gasteiger partial charge in [-0.1, -0.05) is 104 Å². The molecule has 5 heteroatoms. The number of hydrogen-bond acceptors (Lipinski definition) is 4. The first-order valence-electron chi connectivity index (χ1n) is 13.9. The van der Waals surface area contributed by atoms with Crippen LogP contribution in [0.5, 0.6) is 5.75 Å². The van der Waals surface area contributed by atoms with E-state index in [4.69, 9.17) is 9.97 Å². The van der Waals surface area contributed by atoms with E-state index in [1.165, 1.54) is 16.7 Å². The molecule has 41 heavy (non-hydrogen) atoms. The van der Waals surface area contributed by atoms with Crippen LogP contribution in [-0.4, -0.2) is 15.1 Å². The Morgan fingerprint density at radius 2 is 1.34 bits per heavy atom. The topological polar surface area (TPSA) is 46.0 Å². The smallest absolute Gasteiger partial charge is 0.127 e. The van der Waals surface area contributed by atoms with Crippen molar-refractivity contribution in [2.75, 3.05) is 0 Å². The minimum absolute atomic E-state index is 0. The van der Waals surface area contributed by atoms with Crippen molar-refractivity contribution in [1.82, 2.24) is 9.97 Å². The maximum absolute atomic E-state index is 10.5. The summed E-state index contributed by atoms with van der Waals surface area (Å²) in [6.07, 6.45) is 1.92. The zero-order valence-electron chi connectivity index (χ0n) is 25.4. The quantitative estimate of drug-likeness (QED) is 0.187. The van der Waals surface area contributed by atoms with Crippen molar-refractivity contribution in [3.05, 3.63) is 89.6 Å². The molecule has 0 unspecified atom stereocenters. The largest absolute Gasteiger partial charge is 0.507 e. The third-order valence-corrected chi connectivity index (χ3v) is 8.45. The molecule has 0 saturated carbocycles. The van der Waals surface area contributed by atoms with Gasteiger partial charge in [0, 0.05) is 37.7 Å². The molecule has 0 bridgehead atoms. The predicted octanol–water partition coefficient (Wildman–Crippen LogP) is 10.1. The average molecular weight is 743 g/mol. The van der Waals surface area contributed by atoms with Crippen molar-refractivity contribution in [1.29, 1.82) is 0 Å². The summed E-state index contributed by atoms with van der Waals surface area (Å²) in [5.74, 6) is 0.242. The third kappa shape index (κ3) is 6.20. The van der Waals surface area contributed by atoms with E-state index < -0.39 is 0 Å². The van der Waals surface area contributed by atoms with Crippen LogP contribution >= 0.6 is 11.3 Å². The van der Waals surface area contributed by atoms with E-state index in [9.17, 15) is 5.11 Å². The number of hydrogen-bond donors (Lipinski definition) is 1. The van der Waals surface area contributed by atoms with Gasteiger partial charge >= 0.3 is 0 Å². The molecule has 0 radical (unpaired) electrons. The van der Waals surface area contributed by atoms with E-state index in [1.54, 1.807) is 17.4 Å². The number of nitrogens with zero attached hydrogens (tertiary/aromatic N) is 2. The van der Waals surface area contributed by atoms with Crippen LogP contribution in [0.1, 0.15) is 79.0 Å². The molecule has 0 atom stereocenters. The van der Waals surface area contributed by atoms with Gasteiger partial charge in [-0.2, -0.15) is 0 Å². The molecule has 5 aromatic rings. The number of benzene rings is 3. The number of fused-ring (bicyclic) bond motifs is 1. The molecule has 0 aliphatic carbocycles. The standard InChI is InChI=1S/C36H39N2OS.Pt/c1-34(2,3)22-17-18-37-29(19-22)26-20-25(27(35(4,5)6)21-28(26)36(7,8)9)23-14-12-16-31-32(23)38-33(40-31)24-13-10-11-15-30(24)39;/h10-19,21,39H,1-9H3;/q-1;. The maximum atomic E-state index is 10.5. The molecule has 216 valence electrons. The minimum atomic E-state index is -0.121. The molecule has 2 heterocycles. The Morgan fingerprint density at radius 1 is 0.707 bits per heavy atom. The van der Waals surface area contributed by atoms with Gasteiger partial charge in [0.1, 0.15) is 10.8 Å². The zero-order chi connectivity index (χ0) is 29.0. The van der Waals surface area contributed by atoms with Crippen molar-refractivity contribution in [2.24, 2.45) is 0 Å². The average Bonchev–Trinajstić information content (AvgIpc) is 3.31. The van der Waals surface area contributed by atoms with Gasteiger partial charge in [0.15, 0.2) is 0 Å². The Balaban J connectivity index is 0.00000387. The van der Waals surface area contributed by atoms with Gasteiger partial charge in [0.05, 0.1) is 11.1 Å². The first kappa shape index (κ1) is 31.1. The molecule has 0 saturated heterocycles. The fourth-order valence-electron chi connectivity index (χ4n) is 5.10. The van der Waals surface area contributed by atoms with Crippen LogP contribution in [-0.2, 0) is 37.3 Å². The number of para-hydroxylation sites is 2. The van der Waals surface area contributed by atoms with E-state index in [1.807, 2.05) is 24.4 Å². The number of aromatic hydroxyl groups is 1. The van der Waals surface area contributed by atoms with E-state index in [-0.39, 0.29) is 43.1 Å². The molecule has 5 rings (SSSR count). The van der Waals surface area contributed by atoms with Crippen LogP contribution in [0.2, 0.25) is 0 Å². The summed E-state index contributed by atoms with van der Waals surface area (Å²) in [7, 11) is 0. The van der Waals surface area contributed by atoms with Crippen molar-refractivity contribution in [3.8, 4) is 38.7 Å². The summed E-state index contributed by atoms with van der Waals surface area (Å²) >= 11 is 1.60. The molecular weight excluding hydrogens is 704 g/mol. The molecule has 0 spiro atoms. The second-order valence-corrected chi connectivity index (χ2v) is 14.7. The number of rotatable bonds is 3. The second kappa shape index (κ2) is 11.1. The number of phenols is 1. The Morgan fingerprint density at radius 3 is 1.98 bits per heavy atom. The van der Waals surface area contributed by atoms with E-state index in [0.717, 1.165) is 43.2 Å². The van der Waals surface area contributed by atoms with Crippen LogP contribution in [0.4, 0.5) is 0 Å². The molecule has 0 aliphatic rings. The fourth-order valence-corrected chi connectivity index (χ4v) is 6.13. The molecule has 0 fully saturated rings. The van der Waals surface area contributed by atoms with Crippen LogP contribution in [0, 0.1) is 6.07 Å². The molecular formula is C36H39N2OPtS-. The summed E-state index contributed by atoms with van der Waals surface area (Å²) in [5, 5.41) is 11.3. The number of phenolic OH excluding ortho intramolecular Hbond substituents is 1.